The second kappa shape index (κ2) is 4.67. The zero-order chi connectivity index (χ0) is 11.4. The maximum Gasteiger partial charge on any atom is 0.157 e. The average Bonchev–Trinajstić information content (AvgIpc) is 2.18. The first kappa shape index (κ1) is 11.3. The van der Waals surface area contributed by atoms with Gasteiger partial charge in [0.1, 0.15) is 6.04 Å². The summed E-state index contributed by atoms with van der Waals surface area (Å²) in [6.45, 7) is 3.87. The third kappa shape index (κ3) is 2.86. The summed E-state index contributed by atoms with van der Waals surface area (Å²) >= 11 is 0. The van der Waals surface area contributed by atoms with Crippen molar-refractivity contribution in [2.45, 2.75) is 25.9 Å². The molecule has 0 bridgehead atoms. The van der Waals surface area contributed by atoms with Gasteiger partial charge in [-0.2, -0.15) is 5.26 Å². The Morgan fingerprint density at radius 3 is 2.40 bits per heavy atom. The topological polar surface area (TPSA) is 76.3 Å². The van der Waals surface area contributed by atoms with Gasteiger partial charge in [0.15, 0.2) is 11.5 Å². The molecule has 0 radical (unpaired) electrons. The molecule has 0 amide bonds. The molecule has 4 nitrogen and oxygen atoms in total. The zero-order valence-corrected chi connectivity index (χ0v) is 8.73. The summed E-state index contributed by atoms with van der Waals surface area (Å²) in [5.41, 5.74) is 0.640. The fourth-order valence-electron chi connectivity index (χ4n) is 1.26. The van der Waals surface area contributed by atoms with E-state index in [-0.39, 0.29) is 17.5 Å². The standard InChI is InChI=1S/C11H14N2O2/c1-7(2)13-9(6-12)8-3-4-10(14)11(15)5-8/h3-5,7,9,13-15H,1-2H3. The molecule has 0 saturated heterocycles. The summed E-state index contributed by atoms with van der Waals surface area (Å²) < 4.78 is 0. The molecule has 0 heterocycles. The summed E-state index contributed by atoms with van der Waals surface area (Å²) in [6, 6.07) is 6.16. The highest BCUT2D eigenvalue weighted by molar-refractivity contribution is 5.42. The third-order valence-corrected chi connectivity index (χ3v) is 1.96. The Morgan fingerprint density at radius 1 is 1.27 bits per heavy atom. The van der Waals surface area contributed by atoms with E-state index in [1.165, 1.54) is 12.1 Å². The Kier molecular flexibility index (Phi) is 3.53. The van der Waals surface area contributed by atoms with Crippen molar-refractivity contribution in [1.29, 1.82) is 5.26 Å². The van der Waals surface area contributed by atoms with Crippen LogP contribution in [0.15, 0.2) is 18.2 Å². The van der Waals surface area contributed by atoms with Crippen LogP contribution in [0, 0.1) is 11.3 Å². The molecule has 0 aliphatic rings. The molecule has 0 aliphatic heterocycles. The highest BCUT2D eigenvalue weighted by Crippen LogP contribution is 2.27. The molecule has 0 aromatic heterocycles. The molecule has 0 aliphatic carbocycles. The minimum absolute atomic E-state index is 0.172. The van der Waals surface area contributed by atoms with E-state index in [4.69, 9.17) is 10.4 Å². The van der Waals surface area contributed by atoms with Crippen LogP contribution in [-0.4, -0.2) is 16.3 Å². The maximum absolute atomic E-state index is 9.29. The Morgan fingerprint density at radius 2 is 1.93 bits per heavy atom. The molecule has 3 N–H and O–H groups in total. The second-order valence-corrected chi connectivity index (χ2v) is 3.63. The van der Waals surface area contributed by atoms with E-state index in [0.29, 0.717) is 5.56 Å². The number of rotatable bonds is 3. The maximum atomic E-state index is 9.29. The van der Waals surface area contributed by atoms with Crippen LogP contribution in [0.1, 0.15) is 25.5 Å². The number of hydrogen-bond donors (Lipinski definition) is 3. The Bertz CT molecular complexity index is 383. The van der Waals surface area contributed by atoms with Crippen molar-refractivity contribution in [3.05, 3.63) is 23.8 Å². The predicted octanol–water partition coefficient (Wildman–Crippen LogP) is 1.66. The number of aromatic hydroxyl groups is 2. The van der Waals surface area contributed by atoms with E-state index < -0.39 is 6.04 Å². The lowest BCUT2D eigenvalue weighted by atomic mass is 10.1. The van der Waals surface area contributed by atoms with Crippen molar-refractivity contribution in [1.82, 2.24) is 5.32 Å². The number of benzene rings is 1. The molecule has 0 spiro atoms. The van der Waals surface area contributed by atoms with Crippen LogP contribution in [0.25, 0.3) is 0 Å². The van der Waals surface area contributed by atoms with Crippen molar-refractivity contribution < 1.29 is 10.2 Å². The molecule has 1 atom stereocenters. The van der Waals surface area contributed by atoms with Gasteiger partial charge in [-0.05, 0) is 31.5 Å². The van der Waals surface area contributed by atoms with E-state index in [0.717, 1.165) is 0 Å². The summed E-state index contributed by atoms with van der Waals surface area (Å²) in [5, 5.41) is 30.4. The minimum Gasteiger partial charge on any atom is -0.504 e. The van der Waals surface area contributed by atoms with Gasteiger partial charge in [0.05, 0.1) is 6.07 Å². The SMILES string of the molecule is CC(C)NC(C#N)c1ccc(O)c(O)c1. The molecule has 1 unspecified atom stereocenters. The second-order valence-electron chi connectivity index (χ2n) is 3.63. The number of nitriles is 1. The average molecular weight is 206 g/mol. The van der Waals surface area contributed by atoms with Gasteiger partial charge in [0.2, 0.25) is 0 Å². The summed E-state index contributed by atoms with van der Waals surface area (Å²) in [6.07, 6.45) is 0. The highest BCUT2D eigenvalue weighted by Gasteiger charge is 2.12. The van der Waals surface area contributed by atoms with Gasteiger partial charge in [-0.25, -0.2) is 0 Å². The van der Waals surface area contributed by atoms with Crippen LogP contribution in [-0.2, 0) is 0 Å². The van der Waals surface area contributed by atoms with E-state index in [2.05, 4.69) is 11.4 Å². The van der Waals surface area contributed by atoms with Crippen LogP contribution in [0.5, 0.6) is 11.5 Å². The van der Waals surface area contributed by atoms with Crippen molar-refractivity contribution in [2.75, 3.05) is 0 Å². The van der Waals surface area contributed by atoms with Crippen molar-refractivity contribution in [3.63, 3.8) is 0 Å². The first-order valence-corrected chi connectivity index (χ1v) is 4.72. The minimum atomic E-state index is -0.475. The number of nitrogens with zero attached hydrogens (tertiary/aromatic N) is 1. The van der Waals surface area contributed by atoms with E-state index in [1.54, 1.807) is 6.07 Å². The summed E-state index contributed by atoms with van der Waals surface area (Å²) in [5.74, 6) is -0.390. The zero-order valence-electron chi connectivity index (χ0n) is 8.73. The van der Waals surface area contributed by atoms with Crippen molar-refractivity contribution in [3.8, 4) is 17.6 Å². The molecule has 1 aromatic rings. The molecule has 15 heavy (non-hydrogen) atoms. The first-order valence-electron chi connectivity index (χ1n) is 4.72. The van der Waals surface area contributed by atoms with Gasteiger partial charge in [0, 0.05) is 6.04 Å². The molecule has 4 heteroatoms. The molecule has 0 saturated carbocycles. The first-order chi connectivity index (χ1) is 7.04. The van der Waals surface area contributed by atoms with E-state index in [1.807, 2.05) is 13.8 Å². The summed E-state index contributed by atoms with van der Waals surface area (Å²) in [7, 11) is 0. The van der Waals surface area contributed by atoms with E-state index in [9.17, 15) is 5.11 Å². The number of nitrogens with one attached hydrogen (secondary N) is 1. The normalized spacial score (nSPS) is 12.4. The van der Waals surface area contributed by atoms with Gasteiger partial charge in [-0.3, -0.25) is 5.32 Å². The van der Waals surface area contributed by atoms with Crippen molar-refractivity contribution in [2.24, 2.45) is 0 Å². The van der Waals surface area contributed by atoms with Crippen LogP contribution in [0.2, 0.25) is 0 Å². The highest BCUT2D eigenvalue weighted by atomic mass is 16.3. The molecule has 1 aromatic carbocycles. The number of hydrogen-bond acceptors (Lipinski definition) is 4. The van der Waals surface area contributed by atoms with Crippen LogP contribution < -0.4 is 5.32 Å². The smallest absolute Gasteiger partial charge is 0.157 e. The van der Waals surface area contributed by atoms with Gasteiger partial charge < -0.3 is 10.2 Å². The fourth-order valence-corrected chi connectivity index (χ4v) is 1.26. The van der Waals surface area contributed by atoms with Crippen LogP contribution >= 0.6 is 0 Å². The Hall–Kier alpha value is -1.73. The van der Waals surface area contributed by atoms with Crippen LogP contribution in [0.4, 0.5) is 0 Å². The monoisotopic (exact) mass is 206 g/mol. The quantitative estimate of drug-likeness (QED) is 0.657. The molecular formula is C11H14N2O2. The molecular weight excluding hydrogens is 192 g/mol. The van der Waals surface area contributed by atoms with E-state index >= 15 is 0 Å². The fraction of sp³-hybridized carbons (Fsp3) is 0.364. The van der Waals surface area contributed by atoms with Gasteiger partial charge >= 0.3 is 0 Å². The molecule has 0 fully saturated rings. The largest absolute Gasteiger partial charge is 0.504 e. The number of phenols is 2. The summed E-state index contributed by atoms with van der Waals surface area (Å²) in [4.78, 5) is 0. The number of phenolic OH excluding ortho intramolecular Hbond substituents is 2. The molecule has 1 rings (SSSR count). The van der Waals surface area contributed by atoms with Crippen LogP contribution in [0.3, 0.4) is 0 Å². The van der Waals surface area contributed by atoms with Crippen molar-refractivity contribution >= 4 is 0 Å². The van der Waals surface area contributed by atoms with Gasteiger partial charge in [-0.15, -0.1) is 0 Å². The van der Waals surface area contributed by atoms with Gasteiger partial charge in [0.25, 0.3) is 0 Å². The lowest BCUT2D eigenvalue weighted by Crippen LogP contribution is -2.27. The lowest BCUT2D eigenvalue weighted by molar-refractivity contribution is 0.402. The Labute approximate surface area is 88.8 Å². The Balaban J connectivity index is 2.94. The van der Waals surface area contributed by atoms with Gasteiger partial charge in [-0.1, -0.05) is 6.07 Å². The molecule has 80 valence electrons. The predicted molar refractivity (Wildman–Crippen MR) is 56.4 cm³/mol. The lowest BCUT2D eigenvalue weighted by Gasteiger charge is -2.15. The third-order valence-electron chi connectivity index (χ3n) is 1.96.